The quantitative estimate of drug-likeness (QED) is 0.215. The summed E-state index contributed by atoms with van der Waals surface area (Å²) in [5, 5.41) is 13.4. The van der Waals surface area contributed by atoms with Crippen LogP contribution in [0.3, 0.4) is 0 Å². The molecule has 1 aliphatic carbocycles. The Morgan fingerprint density at radius 1 is 1.15 bits per heavy atom. The molecule has 3 saturated heterocycles. The van der Waals surface area contributed by atoms with E-state index in [0.29, 0.717) is 37.8 Å². The number of aliphatic hydroxyl groups excluding tert-OH is 1. The molecule has 0 radical (unpaired) electrons. The number of carbonyl (C=O) groups is 4. The molecule has 10 nitrogen and oxygen atoms in total. The van der Waals surface area contributed by atoms with Crippen molar-refractivity contribution in [3.05, 3.63) is 61.2 Å². The van der Waals surface area contributed by atoms with Crippen molar-refractivity contribution in [3.63, 3.8) is 0 Å². The molecule has 3 amide bonds. The molecule has 47 heavy (non-hydrogen) atoms. The molecule has 3 heterocycles. The number of amides is 3. The molecule has 8 atom stereocenters. The largest absolute Gasteiger partial charge is 0.455 e. The summed E-state index contributed by atoms with van der Waals surface area (Å²) in [7, 11) is 0. The molecular weight excluding hydrogens is 598 g/mol. The van der Waals surface area contributed by atoms with Crippen LogP contribution >= 0.6 is 0 Å². The summed E-state index contributed by atoms with van der Waals surface area (Å²) in [5.74, 6) is -3.17. The standard InChI is InChI=1S/C37H51N3O7/c1-5-8-19-29(42)38-24(4)32(25-15-11-9-12-16-25)46-36(45)30-28-20-21-37(47-28)31(30)34(43)40(26(7-3)23-41)33(37)35(44)39(22-6-2)27-17-13-10-14-18-27/h5-6,9,11-12,15-16,24,26-28,30-33,41H,1-2,7-8,10,13-14,17-23H2,3-4H3,(H,38,42)/t24-,26-,28-,30+,31+,32-,33-,37+/m0/s1. The molecule has 4 aliphatic rings. The van der Waals surface area contributed by atoms with Gasteiger partial charge >= 0.3 is 5.97 Å². The molecule has 1 aromatic rings. The van der Waals surface area contributed by atoms with Crippen LogP contribution in [0.4, 0.5) is 0 Å². The van der Waals surface area contributed by atoms with Crippen molar-refractivity contribution < 1.29 is 33.8 Å². The number of allylic oxidation sites excluding steroid dienone is 1. The van der Waals surface area contributed by atoms with Gasteiger partial charge in [-0.25, -0.2) is 0 Å². The lowest BCUT2D eigenvalue weighted by Crippen LogP contribution is -2.60. The Hall–Kier alpha value is -3.50. The Morgan fingerprint density at radius 2 is 1.87 bits per heavy atom. The SMILES string of the molecule is C=CCCC(=O)N[C@@H](C)[C@H](OC(=O)[C@@H]1[C@@H]2CC[C@]3(O2)[C@H](C(=O)N(CC=C)C2CCCCC2)N([C@@H](CC)CO)C(=O)[C@@H]13)c1ccccc1. The first-order valence-corrected chi connectivity index (χ1v) is 17.4. The van der Waals surface area contributed by atoms with Crippen molar-refractivity contribution in [2.75, 3.05) is 13.2 Å². The number of nitrogens with one attached hydrogen (secondary N) is 1. The van der Waals surface area contributed by atoms with E-state index in [0.717, 1.165) is 32.1 Å². The van der Waals surface area contributed by atoms with E-state index in [2.05, 4.69) is 18.5 Å². The minimum Gasteiger partial charge on any atom is -0.455 e. The number of rotatable bonds is 15. The summed E-state index contributed by atoms with van der Waals surface area (Å²) < 4.78 is 12.9. The molecule has 0 unspecified atom stereocenters. The van der Waals surface area contributed by atoms with E-state index in [9.17, 15) is 24.3 Å². The molecule has 2 N–H and O–H groups in total. The first kappa shape index (κ1) is 34.8. The number of nitrogens with zero attached hydrogens (tertiary/aromatic N) is 2. The van der Waals surface area contributed by atoms with Crippen molar-refractivity contribution in [3.8, 4) is 0 Å². The normalized spacial score (nSPS) is 28.7. The van der Waals surface area contributed by atoms with E-state index in [-0.39, 0.29) is 36.8 Å². The lowest BCUT2D eigenvalue weighted by atomic mass is 9.70. The molecule has 1 spiro atoms. The zero-order valence-electron chi connectivity index (χ0n) is 27.9. The number of aliphatic hydroxyl groups is 1. The van der Waals surface area contributed by atoms with Gasteiger partial charge in [0, 0.05) is 19.0 Å². The van der Waals surface area contributed by atoms with E-state index in [1.807, 2.05) is 42.2 Å². The van der Waals surface area contributed by atoms with Crippen LogP contribution in [-0.4, -0.2) is 87.6 Å². The van der Waals surface area contributed by atoms with Gasteiger partial charge in [-0.3, -0.25) is 19.2 Å². The molecule has 1 aromatic carbocycles. The Morgan fingerprint density at radius 3 is 2.51 bits per heavy atom. The molecule has 2 bridgehead atoms. The molecule has 4 fully saturated rings. The first-order chi connectivity index (χ1) is 22.7. The molecule has 10 heteroatoms. The first-order valence-electron chi connectivity index (χ1n) is 17.4. The average molecular weight is 650 g/mol. The van der Waals surface area contributed by atoms with Crippen molar-refractivity contribution in [1.29, 1.82) is 0 Å². The van der Waals surface area contributed by atoms with Crippen LogP contribution in [0.15, 0.2) is 55.6 Å². The maximum Gasteiger partial charge on any atom is 0.313 e. The predicted molar refractivity (Wildman–Crippen MR) is 177 cm³/mol. The number of esters is 1. The highest BCUT2D eigenvalue weighted by Gasteiger charge is 2.75. The fourth-order valence-corrected chi connectivity index (χ4v) is 8.49. The van der Waals surface area contributed by atoms with Gasteiger partial charge in [-0.1, -0.05) is 68.7 Å². The van der Waals surface area contributed by atoms with E-state index >= 15 is 0 Å². The van der Waals surface area contributed by atoms with Gasteiger partial charge in [-0.15, -0.1) is 13.2 Å². The monoisotopic (exact) mass is 649 g/mol. The molecular formula is C37H51N3O7. The second-order valence-corrected chi connectivity index (χ2v) is 13.6. The number of fused-ring (bicyclic) bond motifs is 1. The predicted octanol–water partition coefficient (Wildman–Crippen LogP) is 4.23. The summed E-state index contributed by atoms with van der Waals surface area (Å²) in [6.45, 7) is 11.3. The Kier molecular flexibility index (Phi) is 11.2. The van der Waals surface area contributed by atoms with Crippen LogP contribution < -0.4 is 5.32 Å². The van der Waals surface area contributed by atoms with Crippen molar-refractivity contribution in [2.45, 2.75) is 120 Å². The zero-order valence-corrected chi connectivity index (χ0v) is 27.9. The van der Waals surface area contributed by atoms with Gasteiger partial charge in [-0.2, -0.15) is 0 Å². The second-order valence-electron chi connectivity index (χ2n) is 13.6. The maximum atomic E-state index is 14.7. The fourth-order valence-electron chi connectivity index (χ4n) is 8.49. The number of ether oxygens (including phenoxy) is 2. The second kappa shape index (κ2) is 15.2. The van der Waals surface area contributed by atoms with Gasteiger partial charge < -0.3 is 29.7 Å². The van der Waals surface area contributed by atoms with Crippen molar-refractivity contribution in [2.24, 2.45) is 11.8 Å². The van der Waals surface area contributed by atoms with E-state index in [4.69, 9.17) is 9.47 Å². The van der Waals surface area contributed by atoms with Crippen LogP contribution in [0.2, 0.25) is 0 Å². The number of hydrogen-bond acceptors (Lipinski definition) is 7. The van der Waals surface area contributed by atoms with Crippen LogP contribution in [0, 0.1) is 11.8 Å². The van der Waals surface area contributed by atoms with Gasteiger partial charge in [0.15, 0.2) is 0 Å². The number of carbonyl (C=O) groups excluding carboxylic acids is 4. The van der Waals surface area contributed by atoms with Gasteiger partial charge in [0.25, 0.3) is 0 Å². The van der Waals surface area contributed by atoms with Gasteiger partial charge in [0.2, 0.25) is 17.7 Å². The van der Waals surface area contributed by atoms with Crippen molar-refractivity contribution >= 4 is 23.7 Å². The number of hydrogen-bond donors (Lipinski definition) is 2. The van der Waals surface area contributed by atoms with E-state index < -0.39 is 53.7 Å². The minimum atomic E-state index is -1.20. The smallest absolute Gasteiger partial charge is 0.313 e. The minimum absolute atomic E-state index is 0.0324. The van der Waals surface area contributed by atoms with Crippen LogP contribution in [-0.2, 0) is 28.7 Å². The molecule has 1 saturated carbocycles. The number of benzene rings is 1. The maximum absolute atomic E-state index is 14.7. The summed E-state index contributed by atoms with van der Waals surface area (Å²) in [6.07, 6.45) is 9.15. The molecule has 256 valence electrons. The van der Waals surface area contributed by atoms with E-state index in [1.165, 1.54) is 4.90 Å². The fraction of sp³-hybridized carbons (Fsp3) is 0.622. The summed E-state index contributed by atoms with van der Waals surface area (Å²) in [4.78, 5) is 59.5. The third-order valence-corrected chi connectivity index (χ3v) is 10.7. The summed E-state index contributed by atoms with van der Waals surface area (Å²) in [5.41, 5.74) is -0.492. The Labute approximate surface area is 278 Å². The molecule has 0 aromatic heterocycles. The summed E-state index contributed by atoms with van der Waals surface area (Å²) >= 11 is 0. The number of likely N-dealkylation sites (tertiary alicyclic amines) is 1. The Balaban J connectivity index is 1.47. The third-order valence-electron chi connectivity index (χ3n) is 10.7. The van der Waals surface area contributed by atoms with Gasteiger partial charge in [-0.05, 0) is 51.0 Å². The lowest BCUT2D eigenvalue weighted by Gasteiger charge is -2.42. The topological polar surface area (TPSA) is 125 Å². The van der Waals surface area contributed by atoms with Crippen LogP contribution in [0.5, 0.6) is 0 Å². The molecule has 3 aliphatic heterocycles. The van der Waals surface area contributed by atoms with Crippen LogP contribution in [0.1, 0.15) is 89.7 Å². The highest BCUT2D eigenvalue weighted by atomic mass is 16.6. The van der Waals surface area contributed by atoms with Gasteiger partial charge in [0.05, 0.1) is 36.6 Å². The van der Waals surface area contributed by atoms with Crippen LogP contribution in [0.25, 0.3) is 0 Å². The molecule has 5 rings (SSSR count). The van der Waals surface area contributed by atoms with E-state index in [1.54, 1.807) is 19.1 Å². The highest BCUT2D eigenvalue weighted by molar-refractivity contribution is 5.98. The zero-order chi connectivity index (χ0) is 33.7. The highest BCUT2D eigenvalue weighted by Crippen LogP contribution is 2.59. The van der Waals surface area contributed by atoms with Gasteiger partial charge in [0.1, 0.15) is 17.7 Å². The lowest BCUT2D eigenvalue weighted by molar-refractivity contribution is -0.162. The summed E-state index contributed by atoms with van der Waals surface area (Å²) in [6, 6.07) is 7.14. The van der Waals surface area contributed by atoms with Crippen molar-refractivity contribution in [1.82, 2.24) is 15.1 Å². The third kappa shape index (κ3) is 6.64. The Bertz CT molecular complexity index is 1310. The average Bonchev–Trinajstić information content (AvgIpc) is 3.73.